The number of carbonyl (C=O) groups is 1. The first-order valence-corrected chi connectivity index (χ1v) is 16.3. The highest BCUT2D eigenvalue weighted by molar-refractivity contribution is 5.84. The molecule has 6 N–H and O–H groups in total. The Balaban J connectivity index is 1.44. The lowest BCUT2D eigenvalue weighted by Crippen LogP contribution is -2.65. The highest BCUT2D eigenvalue weighted by Gasteiger charge is 2.51. The van der Waals surface area contributed by atoms with Crippen molar-refractivity contribution in [2.24, 2.45) is 0 Å². The molecule has 0 radical (unpaired) electrons. The highest BCUT2D eigenvalue weighted by Crippen LogP contribution is 2.34. The van der Waals surface area contributed by atoms with Gasteiger partial charge in [-0.2, -0.15) is 26.3 Å². The van der Waals surface area contributed by atoms with Gasteiger partial charge in [-0.3, -0.25) is 0 Å². The summed E-state index contributed by atoms with van der Waals surface area (Å²) in [7, 11) is 0. The summed E-state index contributed by atoms with van der Waals surface area (Å²) >= 11 is 0. The van der Waals surface area contributed by atoms with Crippen molar-refractivity contribution in [3.8, 4) is 11.8 Å². The number of hydrogen-bond acceptors (Lipinski definition) is 15. The largest absolute Gasteiger partial charge is 0.476 e. The van der Waals surface area contributed by atoms with Crippen LogP contribution in [0, 0.1) is 0 Å². The second kappa shape index (κ2) is 16.9. The van der Waals surface area contributed by atoms with E-state index in [0.29, 0.717) is 6.07 Å². The van der Waals surface area contributed by atoms with E-state index < -0.39 is 110 Å². The van der Waals surface area contributed by atoms with Gasteiger partial charge in [-0.25, -0.2) is 14.8 Å². The standard InChI is InChI=1S/C32H35F6N5O11/c1-14-24(45)26(47)29(54-22-7-3-5-20(41-22)32(36,37)38)28(52-14)17(10-11-44)53-27-16(39-21-6-2-4-19(40-21)31(33,34)35)12-50-18(25(27)46)13-51-23-9-8-15(30(48)49)42-43-23/h2-9,14,16-18,24-29,44-47H,10-13H2,1H3,(H,39,40)(H,48,49)/t14-,16+,17?,18-,24+,25+,26+,27-,28-,29-/m1/s1. The molecule has 0 saturated carbocycles. The van der Waals surface area contributed by atoms with E-state index in [4.69, 9.17) is 28.8 Å². The van der Waals surface area contributed by atoms with Gasteiger partial charge in [0.1, 0.15) is 60.4 Å². The number of halogens is 6. The average Bonchev–Trinajstić information content (AvgIpc) is 3.12. The smallest absolute Gasteiger partial charge is 0.433 e. The molecule has 0 aliphatic carbocycles. The molecular weight excluding hydrogens is 744 g/mol. The number of carboxylic acids is 1. The lowest BCUT2D eigenvalue weighted by molar-refractivity contribution is -0.259. The number of anilines is 1. The van der Waals surface area contributed by atoms with Crippen LogP contribution in [0.1, 0.15) is 35.2 Å². The molecule has 2 fully saturated rings. The van der Waals surface area contributed by atoms with Crippen molar-refractivity contribution < 1.29 is 80.4 Å². The molecule has 3 aromatic rings. The summed E-state index contributed by atoms with van der Waals surface area (Å²) in [5.74, 6) is -2.40. The number of alkyl halides is 6. The summed E-state index contributed by atoms with van der Waals surface area (Å²) in [5.41, 5.74) is -2.93. The maximum Gasteiger partial charge on any atom is 0.433 e. The number of nitrogens with zero attached hydrogens (tertiary/aromatic N) is 4. The number of aromatic carboxylic acids is 1. The molecule has 0 bridgehead atoms. The van der Waals surface area contributed by atoms with Gasteiger partial charge >= 0.3 is 18.3 Å². The van der Waals surface area contributed by atoms with Gasteiger partial charge in [0.05, 0.1) is 24.9 Å². The van der Waals surface area contributed by atoms with Gasteiger partial charge in [0.2, 0.25) is 11.8 Å². The highest BCUT2D eigenvalue weighted by atomic mass is 19.4. The molecule has 296 valence electrons. The van der Waals surface area contributed by atoms with E-state index in [9.17, 15) is 51.6 Å². The molecule has 10 atom stereocenters. The second-order valence-electron chi connectivity index (χ2n) is 12.3. The van der Waals surface area contributed by atoms with Crippen LogP contribution in [0.15, 0.2) is 48.5 Å². The Bertz CT molecular complexity index is 1710. The fourth-order valence-electron chi connectivity index (χ4n) is 5.78. The van der Waals surface area contributed by atoms with E-state index in [1.807, 2.05) is 0 Å². The van der Waals surface area contributed by atoms with Crippen LogP contribution >= 0.6 is 0 Å². The van der Waals surface area contributed by atoms with E-state index in [1.54, 1.807) is 0 Å². The number of nitrogens with one attached hydrogen (secondary N) is 1. The number of aromatic nitrogens is 4. The molecule has 1 unspecified atom stereocenters. The van der Waals surface area contributed by atoms with Crippen LogP contribution in [-0.2, 0) is 26.6 Å². The zero-order chi connectivity index (χ0) is 39.4. The maximum atomic E-state index is 13.5. The third-order valence-electron chi connectivity index (χ3n) is 8.48. The average molecular weight is 780 g/mol. The Kier molecular flexibility index (Phi) is 12.8. The van der Waals surface area contributed by atoms with Gasteiger partial charge < -0.3 is 54.5 Å². The van der Waals surface area contributed by atoms with Crippen LogP contribution in [0.3, 0.4) is 0 Å². The van der Waals surface area contributed by atoms with Crippen LogP contribution in [0.5, 0.6) is 11.8 Å². The first-order valence-electron chi connectivity index (χ1n) is 16.3. The van der Waals surface area contributed by atoms with E-state index in [0.717, 1.165) is 30.3 Å². The van der Waals surface area contributed by atoms with E-state index in [1.165, 1.54) is 19.1 Å². The Labute approximate surface area is 301 Å². The molecule has 0 spiro atoms. The predicted molar refractivity (Wildman–Crippen MR) is 167 cm³/mol. The van der Waals surface area contributed by atoms with Gasteiger partial charge in [-0.1, -0.05) is 12.1 Å². The van der Waals surface area contributed by atoms with Crippen LogP contribution in [0.4, 0.5) is 32.2 Å². The molecule has 3 aromatic heterocycles. The third kappa shape index (κ3) is 9.80. The third-order valence-corrected chi connectivity index (χ3v) is 8.48. The topological polar surface area (TPSA) is 228 Å². The lowest BCUT2D eigenvalue weighted by atomic mass is 9.90. The van der Waals surface area contributed by atoms with Crippen molar-refractivity contribution >= 4 is 11.8 Å². The summed E-state index contributed by atoms with van der Waals surface area (Å²) < 4.78 is 110. The Morgan fingerprint density at radius 1 is 0.907 bits per heavy atom. The molecule has 2 aliphatic rings. The second-order valence-corrected chi connectivity index (χ2v) is 12.3. The monoisotopic (exact) mass is 779 g/mol. The summed E-state index contributed by atoms with van der Waals surface area (Å²) in [4.78, 5) is 18.1. The molecule has 22 heteroatoms. The maximum absolute atomic E-state index is 13.5. The van der Waals surface area contributed by atoms with Gasteiger partial charge in [0.15, 0.2) is 11.8 Å². The number of carboxylic acid groups (broad SMARTS) is 1. The number of ether oxygens (including phenoxy) is 5. The van der Waals surface area contributed by atoms with Crippen LogP contribution in [0.2, 0.25) is 0 Å². The molecule has 5 heterocycles. The van der Waals surface area contributed by atoms with Crippen molar-refractivity contribution in [2.75, 3.05) is 25.1 Å². The SMILES string of the molecule is C[C@H]1O[C@H](C(CCO)O[C@H]2[C@@H](O)[C@@H](COc3ccc(C(=O)O)nn3)OC[C@@H]2Nc2cccc(C(F)(F)F)n2)[C@H](Oc2cccc(C(F)(F)F)n2)[C@@H](O)[C@H]1O. The fourth-order valence-corrected chi connectivity index (χ4v) is 5.78. The molecule has 2 saturated heterocycles. The van der Waals surface area contributed by atoms with Crippen molar-refractivity contribution in [3.05, 3.63) is 65.6 Å². The number of rotatable bonds is 13. The normalized spacial score (nSPS) is 28.2. The zero-order valence-corrected chi connectivity index (χ0v) is 28.0. The quantitative estimate of drug-likeness (QED) is 0.136. The van der Waals surface area contributed by atoms with Gasteiger partial charge in [-0.05, 0) is 37.6 Å². The van der Waals surface area contributed by atoms with Crippen molar-refractivity contribution in [3.63, 3.8) is 0 Å². The molecule has 2 aliphatic heterocycles. The minimum Gasteiger partial charge on any atom is -0.476 e. The molecule has 0 aromatic carbocycles. The van der Waals surface area contributed by atoms with Crippen LogP contribution < -0.4 is 14.8 Å². The van der Waals surface area contributed by atoms with Crippen molar-refractivity contribution in [1.82, 2.24) is 20.2 Å². The molecule has 16 nitrogen and oxygen atoms in total. The number of aliphatic hydroxyl groups is 4. The van der Waals surface area contributed by atoms with Gasteiger partial charge in [0, 0.05) is 18.7 Å². The Morgan fingerprint density at radius 3 is 2.22 bits per heavy atom. The van der Waals surface area contributed by atoms with E-state index in [-0.39, 0.29) is 30.4 Å². The number of aliphatic hydroxyl groups excluding tert-OH is 4. The first-order chi connectivity index (χ1) is 25.5. The Morgan fingerprint density at radius 2 is 1.59 bits per heavy atom. The van der Waals surface area contributed by atoms with Gasteiger partial charge in [-0.15, -0.1) is 10.2 Å². The zero-order valence-electron chi connectivity index (χ0n) is 28.0. The van der Waals surface area contributed by atoms with Crippen molar-refractivity contribution in [1.29, 1.82) is 0 Å². The molecule has 54 heavy (non-hydrogen) atoms. The van der Waals surface area contributed by atoms with E-state index >= 15 is 0 Å². The summed E-state index contributed by atoms with van der Waals surface area (Å²) in [5, 5.41) is 62.3. The number of pyridine rings is 2. The molecule has 5 rings (SSSR count). The fraction of sp³-hybridized carbons (Fsp3) is 0.531. The number of hydrogen-bond donors (Lipinski definition) is 6. The molecule has 0 amide bonds. The predicted octanol–water partition coefficient (Wildman–Crippen LogP) is 1.71. The Hall–Kier alpha value is -4.45. The van der Waals surface area contributed by atoms with Gasteiger partial charge in [0.25, 0.3) is 0 Å². The summed E-state index contributed by atoms with van der Waals surface area (Å²) in [6.07, 6.45) is -23.4. The minimum absolute atomic E-state index is 0.153. The van der Waals surface area contributed by atoms with Crippen LogP contribution in [0.25, 0.3) is 0 Å². The summed E-state index contributed by atoms with van der Waals surface area (Å²) in [6.45, 7) is -0.0330. The first kappa shape index (κ1) is 40.7. The molecular formula is C32H35F6N5O11. The lowest BCUT2D eigenvalue weighted by Gasteiger charge is -2.47. The van der Waals surface area contributed by atoms with Crippen molar-refractivity contribution in [2.45, 2.75) is 86.7 Å². The van der Waals surface area contributed by atoms with Crippen LogP contribution in [-0.4, -0.2) is 132 Å². The minimum atomic E-state index is -4.86. The van der Waals surface area contributed by atoms with E-state index in [2.05, 4.69) is 25.5 Å². The summed E-state index contributed by atoms with van der Waals surface area (Å²) in [6, 6.07) is 6.93.